The molecule has 1 aromatic heterocycles. The van der Waals surface area contributed by atoms with Gasteiger partial charge in [0.25, 0.3) is 0 Å². The third-order valence-electron chi connectivity index (χ3n) is 4.38. The van der Waals surface area contributed by atoms with Crippen molar-refractivity contribution in [1.82, 2.24) is 4.98 Å². The molecule has 8 nitrogen and oxygen atoms in total. The molecule has 0 radical (unpaired) electrons. The molecule has 2 aromatic carbocycles. The number of nitrogens with one attached hydrogen (secondary N) is 1. The lowest BCUT2D eigenvalue weighted by molar-refractivity contribution is -0.111. The summed E-state index contributed by atoms with van der Waals surface area (Å²) in [6.45, 7) is 2.30. The Kier molecular flexibility index (Phi) is 7.93. The number of carbonyl (C=O) groups is 3. The van der Waals surface area contributed by atoms with Crippen LogP contribution < -0.4 is 10.1 Å². The first-order valence-corrected chi connectivity index (χ1v) is 10.7. The van der Waals surface area contributed by atoms with Crippen molar-refractivity contribution in [1.29, 1.82) is 0 Å². The molecule has 0 saturated heterocycles. The zero-order chi connectivity index (χ0) is 23.8. The highest BCUT2D eigenvalue weighted by Crippen LogP contribution is 2.19. The Morgan fingerprint density at radius 2 is 1.73 bits per heavy atom. The number of hydrogen-bond donors (Lipinski definition) is 1. The number of anilines is 1. The van der Waals surface area contributed by atoms with Crippen LogP contribution in [0, 0.1) is 6.92 Å². The van der Waals surface area contributed by atoms with E-state index in [9.17, 15) is 14.4 Å². The molecule has 0 unspecified atom stereocenters. The van der Waals surface area contributed by atoms with Crippen LogP contribution in [0.3, 0.4) is 0 Å². The van der Waals surface area contributed by atoms with Gasteiger partial charge in [-0.3, -0.25) is 4.79 Å². The normalized spacial score (nSPS) is 10.6. The van der Waals surface area contributed by atoms with Gasteiger partial charge in [0, 0.05) is 17.1 Å². The SMILES string of the molecule is COC(=O)c1cc(NC(=O)/C=C/c2cccc(OCc3csc(C)n3)c2)cc(C(=O)OC)c1. The molecule has 0 aliphatic rings. The maximum Gasteiger partial charge on any atom is 0.337 e. The molecule has 0 bridgehead atoms. The Morgan fingerprint density at radius 3 is 2.33 bits per heavy atom. The molecular weight excluding hydrogens is 444 g/mol. The molecule has 0 aliphatic carbocycles. The molecule has 0 spiro atoms. The number of aryl methyl sites for hydroxylation is 1. The van der Waals surface area contributed by atoms with Gasteiger partial charge in [0.2, 0.25) is 5.91 Å². The maximum absolute atomic E-state index is 12.4. The van der Waals surface area contributed by atoms with Crippen molar-refractivity contribution >= 4 is 40.9 Å². The van der Waals surface area contributed by atoms with Gasteiger partial charge in [0.1, 0.15) is 12.4 Å². The van der Waals surface area contributed by atoms with Gasteiger partial charge >= 0.3 is 11.9 Å². The molecule has 0 fully saturated rings. The minimum atomic E-state index is -0.642. The lowest BCUT2D eigenvalue weighted by Crippen LogP contribution is -2.12. The van der Waals surface area contributed by atoms with Crippen LogP contribution in [0.5, 0.6) is 5.75 Å². The first-order valence-electron chi connectivity index (χ1n) is 9.82. The van der Waals surface area contributed by atoms with Crippen molar-refractivity contribution in [3.63, 3.8) is 0 Å². The third-order valence-corrected chi connectivity index (χ3v) is 5.20. The van der Waals surface area contributed by atoms with Crippen LogP contribution in [0.25, 0.3) is 6.08 Å². The quantitative estimate of drug-likeness (QED) is 0.391. The number of aromatic nitrogens is 1. The number of ether oxygens (including phenoxy) is 3. The molecule has 3 rings (SSSR count). The van der Waals surface area contributed by atoms with Gasteiger partial charge in [-0.2, -0.15) is 0 Å². The first kappa shape index (κ1) is 23.7. The van der Waals surface area contributed by atoms with E-state index in [1.54, 1.807) is 23.5 Å². The maximum atomic E-state index is 12.4. The highest BCUT2D eigenvalue weighted by atomic mass is 32.1. The second kappa shape index (κ2) is 11.1. The monoisotopic (exact) mass is 466 g/mol. The second-order valence-electron chi connectivity index (χ2n) is 6.82. The first-order chi connectivity index (χ1) is 15.9. The smallest absolute Gasteiger partial charge is 0.337 e. The summed E-state index contributed by atoms with van der Waals surface area (Å²) in [7, 11) is 2.45. The molecule has 0 aliphatic heterocycles. The average Bonchev–Trinajstić information content (AvgIpc) is 3.25. The highest BCUT2D eigenvalue weighted by Gasteiger charge is 2.14. The number of carbonyl (C=O) groups excluding carboxylic acids is 3. The van der Waals surface area contributed by atoms with E-state index in [1.807, 2.05) is 30.5 Å². The van der Waals surface area contributed by atoms with Crippen LogP contribution in [0.2, 0.25) is 0 Å². The predicted molar refractivity (Wildman–Crippen MR) is 124 cm³/mol. The second-order valence-corrected chi connectivity index (χ2v) is 7.89. The van der Waals surface area contributed by atoms with E-state index in [0.29, 0.717) is 12.4 Å². The topological polar surface area (TPSA) is 104 Å². The number of thiazole rings is 1. The number of benzene rings is 2. The summed E-state index contributed by atoms with van der Waals surface area (Å²) in [6, 6.07) is 11.4. The number of nitrogens with zero attached hydrogens (tertiary/aromatic N) is 1. The minimum Gasteiger partial charge on any atom is -0.487 e. The Bertz CT molecular complexity index is 1170. The third kappa shape index (κ3) is 6.75. The van der Waals surface area contributed by atoms with E-state index < -0.39 is 17.8 Å². The standard InChI is InChI=1S/C24H22N2O6S/c1-15-25-20(14-33-15)13-32-21-6-4-5-16(9-21)7-8-22(27)26-19-11-17(23(28)30-2)10-18(12-19)24(29)31-3/h4-12,14H,13H2,1-3H3,(H,26,27)/b8-7+. The summed E-state index contributed by atoms with van der Waals surface area (Å²) in [5.41, 5.74) is 2.09. The van der Waals surface area contributed by atoms with Crippen molar-refractivity contribution in [2.24, 2.45) is 0 Å². The number of hydrogen-bond acceptors (Lipinski definition) is 8. The van der Waals surface area contributed by atoms with Gasteiger partial charge < -0.3 is 19.5 Å². The summed E-state index contributed by atoms with van der Waals surface area (Å²) in [5, 5.41) is 5.56. The Balaban J connectivity index is 1.68. The van der Waals surface area contributed by atoms with Crippen LogP contribution in [-0.4, -0.2) is 37.0 Å². The van der Waals surface area contributed by atoms with Crippen LogP contribution in [0.4, 0.5) is 5.69 Å². The Labute approximate surface area is 194 Å². The molecule has 33 heavy (non-hydrogen) atoms. The summed E-state index contributed by atoms with van der Waals surface area (Å²) in [6.07, 6.45) is 2.96. The van der Waals surface area contributed by atoms with Crippen molar-refractivity contribution < 1.29 is 28.6 Å². The van der Waals surface area contributed by atoms with E-state index in [4.69, 9.17) is 14.2 Å². The van der Waals surface area contributed by atoms with E-state index in [2.05, 4.69) is 10.3 Å². The largest absolute Gasteiger partial charge is 0.487 e. The van der Waals surface area contributed by atoms with Crippen LogP contribution in [0.1, 0.15) is 37.0 Å². The number of methoxy groups -OCH3 is 2. The van der Waals surface area contributed by atoms with Gasteiger partial charge in [0.05, 0.1) is 36.0 Å². The van der Waals surface area contributed by atoms with E-state index in [-0.39, 0.29) is 16.8 Å². The highest BCUT2D eigenvalue weighted by molar-refractivity contribution is 7.09. The lowest BCUT2D eigenvalue weighted by atomic mass is 10.1. The molecular formula is C24H22N2O6S. The van der Waals surface area contributed by atoms with Crippen LogP contribution in [0.15, 0.2) is 53.9 Å². The van der Waals surface area contributed by atoms with E-state index >= 15 is 0 Å². The molecule has 1 amide bonds. The van der Waals surface area contributed by atoms with E-state index in [1.165, 1.54) is 38.5 Å². The van der Waals surface area contributed by atoms with Crippen LogP contribution >= 0.6 is 11.3 Å². The minimum absolute atomic E-state index is 0.111. The van der Waals surface area contributed by atoms with Crippen LogP contribution in [-0.2, 0) is 20.9 Å². The number of amides is 1. The van der Waals surface area contributed by atoms with Gasteiger partial charge in [-0.1, -0.05) is 12.1 Å². The van der Waals surface area contributed by atoms with Gasteiger partial charge in [-0.25, -0.2) is 14.6 Å². The Hall–Kier alpha value is -3.98. The zero-order valence-electron chi connectivity index (χ0n) is 18.3. The van der Waals surface area contributed by atoms with E-state index in [0.717, 1.165) is 16.3 Å². The fourth-order valence-corrected chi connectivity index (χ4v) is 3.46. The summed E-state index contributed by atoms with van der Waals surface area (Å²) in [5.74, 6) is -1.08. The molecule has 1 heterocycles. The van der Waals surface area contributed by atoms with Crippen molar-refractivity contribution in [3.05, 3.63) is 81.3 Å². The molecule has 0 saturated carbocycles. The Morgan fingerprint density at radius 1 is 1.03 bits per heavy atom. The fourth-order valence-electron chi connectivity index (χ4n) is 2.87. The number of esters is 2. The average molecular weight is 467 g/mol. The fraction of sp³-hybridized carbons (Fsp3) is 0.167. The molecule has 1 N–H and O–H groups in total. The van der Waals surface area contributed by atoms with Crippen molar-refractivity contribution in [2.45, 2.75) is 13.5 Å². The van der Waals surface area contributed by atoms with Crippen molar-refractivity contribution in [2.75, 3.05) is 19.5 Å². The van der Waals surface area contributed by atoms with Gasteiger partial charge in [-0.15, -0.1) is 11.3 Å². The molecule has 9 heteroatoms. The summed E-state index contributed by atoms with van der Waals surface area (Å²) in [4.78, 5) is 40.5. The zero-order valence-corrected chi connectivity index (χ0v) is 19.1. The summed E-state index contributed by atoms with van der Waals surface area (Å²) < 4.78 is 15.2. The lowest BCUT2D eigenvalue weighted by Gasteiger charge is -2.08. The summed E-state index contributed by atoms with van der Waals surface area (Å²) >= 11 is 1.56. The molecule has 3 aromatic rings. The van der Waals surface area contributed by atoms with Crippen molar-refractivity contribution in [3.8, 4) is 5.75 Å². The van der Waals surface area contributed by atoms with Gasteiger partial charge in [0.15, 0.2) is 0 Å². The number of rotatable bonds is 8. The molecule has 170 valence electrons. The van der Waals surface area contributed by atoms with Gasteiger partial charge in [-0.05, 0) is 48.9 Å². The molecule has 0 atom stereocenters. The predicted octanol–water partition coefficient (Wildman–Crippen LogP) is 4.26.